The monoisotopic (exact) mass is 200 g/mol. The van der Waals surface area contributed by atoms with Crippen molar-refractivity contribution in [2.45, 2.75) is 53.1 Å². The zero-order chi connectivity index (χ0) is 11.4. The smallest absolute Gasteiger partial charge is 0.309 e. The van der Waals surface area contributed by atoms with Crippen LogP contribution in [0.25, 0.3) is 0 Å². The van der Waals surface area contributed by atoms with Crippen LogP contribution in [0.5, 0.6) is 0 Å². The number of ketones is 1. The fourth-order valence-electron chi connectivity index (χ4n) is 0.972. The van der Waals surface area contributed by atoms with E-state index in [2.05, 4.69) is 0 Å². The van der Waals surface area contributed by atoms with Crippen molar-refractivity contribution in [1.82, 2.24) is 0 Å². The first-order valence-corrected chi connectivity index (χ1v) is 5.00. The van der Waals surface area contributed by atoms with Gasteiger partial charge in [0.25, 0.3) is 0 Å². The lowest BCUT2D eigenvalue weighted by atomic mass is 10.0. The molecule has 0 spiro atoms. The van der Waals surface area contributed by atoms with Gasteiger partial charge in [0.15, 0.2) is 0 Å². The summed E-state index contributed by atoms with van der Waals surface area (Å²) in [4.78, 5) is 22.5. The van der Waals surface area contributed by atoms with Gasteiger partial charge in [-0.15, -0.1) is 0 Å². The Labute approximate surface area is 85.8 Å². The van der Waals surface area contributed by atoms with Gasteiger partial charge in [0.1, 0.15) is 11.4 Å². The van der Waals surface area contributed by atoms with Gasteiger partial charge in [-0.1, -0.05) is 13.8 Å². The Hall–Kier alpha value is -0.860. The summed E-state index contributed by atoms with van der Waals surface area (Å²) in [5.74, 6) is -0.524. The number of carbonyl (C=O) groups excluding carboxylic acids is 2. The number of Topliss-reactive ketones (excluding diaryl/α,β-unsaturated/α-hetero) is 1. The summed E-state index contributed by atoms with van der Waals surface area (Å²) in [5, 5.41) is 0. The highest BCUT2D eigenvalue weighted by molar-refractivity contribution is 5.84. The van der Waals surface area contributed by atoms with Crippen molar-refractivity contribution >= 4 is 11.8 Å². The van der Waals surface area contributed by atoms with E-state index in [1.807, 2.05) is 20.8 Å². The zero-order valence-corrected chi connectivity index (χ0v) is 9.72. The molecule has 0 aromatic heterocycles. The molecule has 0 bridgehead atoms. The molecule has 0 saturated heterocycles. The SMILES string of the molecule is CCC(=O)CC(C)C(=O)OC(C)(C)C. The molecule has 0 aromatic rings. The molecule has 0 aromatic carbocycles. The van der Waals surface area contributed by atoms with Gasteiger partial charge in [-0.2, -0.15) is 0 Å². The van der Waals surface area contributed by atoms with Crippen LogP contribution in [-0.4, -0.2) is 17.4 Å². The Morgan fingerprint density at radius 1 is 1.29 bits per heavy atom. The van der Waals surface area contributed by atoms with Crippen LogP contribution in [0.3, 0.4) is 0 Å². The van der Waals surface area contributed by atoms with E-state index in [1.54, 1.807) is 13.8 Å². The van der Waals surface area contributed by atoms with Gasteiger partial charge in [0.05, 0.1) is 5.92 Å². The molecular formula is C11H20O3. The lowest BCUT2D eigenvalue weighted by molar-refractivity contribution is -0.160. The molecule has 3 nitrogen and oxygen atoms in total. The number of hydrogen-bond acceptors (Lipinski definition) is 3. The Bertz CT molecular complexity index is 213. The van der Waals surface area contributed by atoms with Crippen LogP contribution in [0.2, 0.25) is 0 Å². The molecule has 0 radical (unpaired) electrons. The van der Waals surface area contributed by atoms with Gasteiger partial charge in [-0.25, -0.2) is 0 Å². The molecule has 0 rings (SSSR count). The Balaban J connectivity index is 4.07. The van der Waals surface area contributed by atoms with Gasteiger partial charge >= 0.3 is 5.97 Å². The summed E-state index contributed by atoms with van der Waals surface area (Å²) in [6.07, 6.45) is 0.762. The average molecular weight is 200 g/mol. The second kappa shape index (κ2) is 5.13. The first kappa shape index (κ1) is 13.1. The van der Waals surface area contributed by atoms with Crippen LogP contribution in [-0.2, 0) is 14.3 Å². The van der Waals surface area contributed by atoms with Gasteiger partial charge in [-0.05, 0) is 20.8 Å². The second-order valence-corrected chi connectivity index (χ2v) is 4.53. The molecule has 0 heterocycles. The molecule has 0 aliphatic heterocycles. The fourth-order valence-corrected chi connectivity index (χ4v) is 0.972. The molecule has 0 N–H and O–H groups in total. The summed E-state index contributed by atoms with van der Waals surface area (Å²) < 4.78 is 5.15. The van der Waals surface area contributed by atoms with Crippen molar-refractivity contribution in [3.63, 3.8) is 0 Å². The predicted octanol–water partition coefficient (Wildman–Crippen LogP) is 2.33. The molecule has 0 amide bonds. The van der Waals surface area contributed by atoms with E-state index in [-0.39, 0.29) is 24.1 Å². The van der Waals surface area contributed by atoms with Crippen LogP contribution in [0.4, 0.5) is 0 Å². The predicted molar refractivity (Wildman–Crippen MR) is 54.9 cm³/mol. The van der Waals surface area contributed by atoms with Crippen molar-refractivity contribution in [2.24, 2.45) is 5.92 Å². The lowest BCUT2D eigenvalue weighted by Gasteiger charge is -2.21. The first-order valence-electron chi connectivity index (χ1n) is 5.00. The third-order valence-electron chi connectivity index (χ3n) is 1.74. The molecule has 0 fully saturated rings. The minimum atomic E-state index is -0.472. The fraction of sp³-hybridized carbons (Fsp3) is 0.818. The largest absolute Gasteiger partial charge is 0.460 e. The number of carbonyl (C=O) groups is 2. The van der Waals surface area contributed by atoms with Crippen molar-refractivity contribution in [3.05, 3.63) is 0 Å². The van der Waals surface area contributed by atoms with Crippen LogP contribution >= 0.6 is 0 Å². The molecule has 0 aliphatic carbocycles. The number of rotatable bonds is 4. The maximum absolute atomic E-state index is 11.4. The van der Waals surface area contributed by atoms with E-state index in [0.29, 0.717) is 6.42 Å². The van der Waals surface area contributed by atoms with Gasteiger partial charge in [0, 0.05) is 12.8 Å². The average Bonchev–Trinajstić information content (AvgIpc) is 2.00. The normalized spacial score (nSPS) is 13.5. The Morgan fingerprint density at radius 2 is 1.79 bits per heavy atom. The highest BCUT2D eigenvalue weighted by atomic mass is 16.6. The zero-order valence-electron chi connectivity index (χ0n) is 9.72. The van der Waals surface area contributed by atoms with Crippen molar-refractivity contribution < 1.29 is 14.3 Å². The lowest BCUT2D eigenvalue weighted by Crippen LogP contribution is -2.28. The number of hydrogen-bond donors (Lipinski definition) is 0. The standard InChI is InChI=1S/C11H20O3/c1-6-9(12)7-8(2)10(13)14-11(3,4)5/h8H,6-7H2,1-5H3. The summed E-state index contributed by atoms with van der Waals surface area (Å²) in [6, 6.07) is 0. The van der Waals surface area contributed by atoms with Crippen LogP contribution < -0.4 is 0 Å². The van der Waals surface area contributed by atoms with Gasteiger partial charge in [-0.3, -0.25) is 9.59 Å². The molecule has 14 heavy (non-hydrogen) atoms. The summed E-state index contributed by atoms with van der Waals surface area (Å²) in [7, 11) is 0. The van der Waals surface area contributed by atoms with Crippen LogP contribution in [0.15, 0.2) is 0 Å². The Kier molecular flexibility index (Phi) is 4.81. The highest BCUT2D eigenvalue weighted by Gasteiger charge is 2.22. The number of ether oxygens (including phenoxy) is 1. The highest BCUT2D eigenvalue weighted by Crippen LogP contribution is 2.13. The molecule has 1 unspecified atom stereocenters. The van der Waals surface area contributed by atoms with Gasteiger partial charge in [0.2, 0.25) is 0 Å². The third-order valence-corrected chi connectivity index (χ3v) is 1.74. The molecule has 1 atom stereocenters. The maximum Gasteiger partial charge on any atom is 0.309 e. The summed E-state index contributed by atoms with van der Waals surface area (Å²) >= 11 is 0. The van der Waals surface area contributed by atoms with Crippen LogP contribution in [0, 0.1) is 5.92 Å². The van der Waals surface area contributed by atoms with E-state index in [4.69, 9.17) is 4.74 Å². The van der Waals surface area contributed by atoms with Gasteiger partial charge < -0.3 is 4.74 Å². The molecule has 0 aliphatic rings. The van der Waals surface area contributed by atoms with Crippen molar-refractivity contribution in [3.8, 4) is 0 Å². The number of esters is 1. The first-order chi connectivity index (χ1) is 6.26. The molecular weight excluding hydrogens is 180 g/mol. The summed E-state index contributed by atoms with van der Waals surface area (Å²) in [5.41, 5.74) is -0.472. The topological polar surface area (TPSA) is 43.4 Å². The second-order valence-electron chi connectivity index (χ2n) is 4.53. The molecule has 0 saturated carbocycles. The quantitative estimate of drug-likeness (QED) is 0.654. The van der Waals surface area contributed by atoms with E-state index in [0.717, 1.165) is 0 Å². The van der Waals surface area contributed by atoms with E-state index < -0.39 is 5.60 Å². The third kappa shape index (κ3) is 5.73. The van der Waals surface area contributed by atoms with E-state index in [1.165, 1.54) is 0 Å². The molecule has 82 valence electrons. The van der Waals surface area contributed by atoms with E-state index in [9.17, 15) is 9.59 Å². The van der Waals surface area contributed by atoms with Crippen molar-refractivity contribution in [2.75, 3.05) is 0 Å². The minimum absolute atomic E-state index is 0.100. The van der Waals surface area contributed by atoms with E-state index >= 15 is 0 Å². The summed E-state index contributed by atoms with van der Waals surface area (Å²) in [6.45, 7) is 8.98. The minimum Gasteiger partial charge on any atom is -0.460 e. The maximum atomic E-state index is 11.4. The van der Waals surface area contributed by atoms with Crippen molar-refractivity contribution in [1.29, 1.82) is 0 Å². The van der Waals surface area contributed by atoms with Crippen LogP contribution in [0.1, 0.15) is 47.5 Å². The molecule has 3 heteroatoms. The Morgan fingerprint density at radius 3 is 2.14 bits per heavy atom.